The van der Waals surface area contributed by atoms with Gasteiger partial charge in [0.2, 0.25) is 0 Å². The summed E-state index contributed by atoms with van der Waals surface area (Å²) in [7, 11) is 0. The van der Waals surface area contributed by atoms with Gasteiger partial charge in [-0.2, -0.15) is 0 Å². The van der Waals surface area contributed by atoms with Crippen molar-refractivity contribution in [2.45, 2.75) is 6.04 Å². The van der Waals surface area contributed by atoms with E-state index < -0.39 is 11.9 Å². The zero-order chi connectivity index (χ0) is 12.6. The molecule has 1 aromatic carbocycles. The van der Waals surface area contributed by atoms with Crippen LogP contribution in [0.2, 0.25) is 5.02 Å². The van der Waals surface area contributed by atoms with Crippen LogP contribution in [0.25, 0.3) is 0 Å². The van der Waals surface area contributed by atoms with E-state index in [2.05, 4.69) is 31.9 Å². The molecular formula is C11H7Br2ClFNS. The summed E-state index contributed by atoms with van der Waals surface area (Å²) in [5.74, 6) is -0.474. The number of halogens is 4. The van der Waals surface area contributed by atoms with Gasteiger partial charge in [-0.25, -0.2) is 4.39 Å². The maximum atomic E-state index is 14.0. The van der Waals surface area contributed by atoms with E-state index in [-0.39, 0.29) is 5.02 Å². The highest BCUT2D eigenvalue weighted by Crippen LogP contribution is 2.34. The second-order valence-electron chi connectivity index (χ2n) is 3.38. The number of benzene rings is 1. The molecule has 0 spiro atoms. The van der Waals surface area contributed by atoms with E-state index in [9.17, 15) is 4.39 Å². The van der Waals surface area contributed by atoms with Crippen LogP contribution in [0.4, 0.5) is 4.39 Å². The van der Waals surface area contributed by atoms with Gasteiger partial charge >= 0.3 is 0 Å². The van der Waals surface area contributed by atoms with Crippen molar-refractivity contribution in [3.05, 3.63) is 53.8 Å². The summed E-state index contributed by atoms with van der Waals surface area (Å²) in [4.78, 5) is 0.883. The van der Waals surface area contributed by atoms with Crippen LogP contribution in [0.15, 0.2) is 32.5 Å². The van der Waals surface area contributed by atoms with Gasteiger partial charge < -0.3 is 5.73 Å². The van der Waals surface area contributed by atoms with E-state index in [4.69, 9.17) is 17.3 Å². The molecule has 6 heteroatoms. The van der Waals surface area contributed by atoms with Gasteiger partial charge in [0.25, 0.3) is 0 Å². The molecule has 0 saturated carbocycles. The van der Waals surface area contributed by atoms with E-state index in [1.54, 1.807) is 12.1 Å². The largest absolute Gasteiger partial charge is 0.320 e. The molecule has 1 unspecified atom stereocenters. The van der Waals surface area contributed by atoms with Crippen molar-refractivity contribution in [3.63, 3.8) is 0 Å². The van der Waals surface area contributed by atoms with E-state index in [0.717, 1.165) is 8.66 Å². The predicted molar refractivity (Wildman–Crippen MR) is 77.2 cm³/mol. The van der Waals surface area contributed by atoms with Crippen LogP contribution in [0.1, 0.15) is 16.5 Å². The van der Waals surface area contributed by atoms with Gasteiger partial charge in [0.15, 0.2) is 0 Å². The van der Waals surface area contributed by atoms with E-state index in [1.165, 1.54) is 11.3 Å². The normalized spacial score (nSPS) is 12.8. The molecule has 0 bridgehead atoms. The first-order chi connectivity index (χ1) is 8.00. The minimum Gasteiger partial charge on any atom is -0.320 e. The van der Waals surface area contributed by atoms with Crippen LogP contribution in [-0.4, -0.2) is 0 Å². The fourth-order valence-corrected chi connectivity index (χ4v) is 3.35. The highest BCUT2D eigenvalue weighted by atomic mass is 79.9. The molecule has 1 heterocycles. The van der Waals surface area contributed by atoms with Crippen molar-refractivity contribution in [2.75, 3.05) is 0 Å². The van der Waals surface area contributed by atoms with E-state index in [1.807, 2.05) is 12.1 Å². The highest BCUT2D eigenvalue weighted by molar-refractivity contribution is 9.11. The average molecular weight is 400 g/mol. The van der Waals surface area contributed by atoms with Crippen molar-refractivity contribution >= 4 is 54.8 Å². The molecule has 2 rings (SSSR count). The fraction of sp³-hybridized carbons (Fsp3) is 0.0909. The fourth-order valence-electron chi connectivity index (χ4n) is 1.43. The lowest BCUT2D eigenvalue weighted by molar-refractivity contribution is 0.600. The molecule has 2 aromatic rings. The van der Waals surface area contributed by atoms with Crippen LogP contribution >= 0.6 is 54.8 Å². The Bertz CT molecular complexity index is 558. The highest BCUT2D eigenvalue weighted by Gasteiger charge is 2.18. The van der Waals surface area contributed by atoms with Crippen LogP contribution in [-0.2, 0) is 0 Å². The Hall–Kier alpha value is 0.0600. The summed E-state index contributed by atoms with van der Waals surface area (Å²) in [6, 6.07) is 6.59. The van der Waals surface area contributed by atoms with Gasteiger partial charge in [-0.05, 0) is 50.1 Å². The smallest absolute Gasteiger partial charge is 0.148 e. The van der Waals surface area contributed by atoms with Gasteiger partial charge in [-0.3, -0.25) is 0 Å². The standard InChI is InChI=1S/C11H7Br2ClFNS/c12-6-2-1-5(10(15)9(6)14)11(16)7-3-4-8(13)17-7/h1-4,11H,16H2. The second-order valence-corrected chi connectivity index (χ2v) is 7.11. The maximum absolute atomic E-state index is 14.0. The van der Waals surface area contributed by atoms with Gasteiger partial charge in [0.05, 0.1) is 14.9 Å². The number of hydrogen-bond donors (Lipinski definition) is 1. The quantitative estimate of drug-likeness (QED) is 0.698. The molecule has 0 aliphatic rings. The van der Waals surface area contributed by atoms with Crippen molar-refractivity contribution in [2.24, 2.45) is 5.73 Å². The number of hydrogen-bond acceptors (Lipinski definition) is 2. The summed E-state index contributed by atoms with van der Waals surface area (Å²) in [5, 5.41) is 0.0635. The summed E-state index contributed by atoms with van der Waals surface area (Å²) in [6.45, 7) is 0. The molecule has 17 heavy (non-hydrogen) atoms. The van der Waals surface area contributed by atoms with Crippen LogP contribution in [0.5, 0.6) is 0 Å². The van der Waals surface area contributed by atoms with Gasteiger partial charge in [-0.15, -0.1) is 11.3 Å². The van der Waals surface area contributed by atoms with Crippen molar-refractivity contribution in [1.82, 2.24) is 0 Å². The molecule has 2 N–H and O–H groups in total. The predicted octanol–water partition coefficient (Wildman–Crippen LogP) is 5.11. The third-order valence-corrected chi connectivity index (χ3v) is 5.27. The molecule has 0 saturated heterocycles. The lowest BCUT2D eigenvalue weighted by atomic mass is 10.1. The van der Waals surface area contributed by atoms with Crippen molar-refractivity contribution < 1.29 is 4.39 Å². The summed E-state index contributed by atoms with van der Waals surface area (Å²) in [6.07, 6.45) is 0. The molecule has 0 radical (unpaired) electrons. The Morgan fingerprint density at radius 2 is 1.94 bits per heavy atom. The first kappa shape index (κ1) is 13.5. The van der Waals surface area contributed by atoms with Gasteiger partial charge in [-0.1, -0.05) is 17.7 Å². The average Bonchev–Trinajstić information content (AvgIpc) is 2.72. The Labute approximate surface area is 124 Å². The molecule has 1 atom stereocenters. The maximum Gasteiger partial charge on any atom is 0.148 e. The van der Waals surface area contributed by atoms with Crippen LogP contribution in [0, 0.1) is 5.82 Å². The first-order valence-corrected chi connectivity index (χ1v) is 7.43. The van der Waals surface area contributed by atoms with E-state index >= 15 is 0 Å². The van der Waals surface area contributed by atoms with Crippen LogP contribution in [0.3, 0.4) is 0 Å². The molecule has 0 amide bonds. The summed E-state index contributed by atoms with van der Waals surface area (Å²) in [5.41, 5.74) is 6.42. The first-order valence-electron chi connectivity index (χ1n) is 4.65. The van der Waals surface area contributed by atoms with Crippen molar-refractivity contribution in [3.8, 4) is 0 Å². The monoisotopic (exact) mass is 397 g/mol. The minimum atomic E-state index is -0.503. The minimum absolute atomic E-state index is 0.0635. The zero-order valence-electron chi connectivity index (χ0n) is 8.38. The Morgan fingerprint density at radius 1 is 1.24 bits per heavy atom. The van der Waals surface area contributed by atoms with Gasteiger partial charge in [0.1, 0.15) is 5.82 Å². The SMILES string of the molecule is NC(c1ccc(Br)s1)c1ccc(Br)c(Cl)c1F. The lowest BCUT2D eigenvalue weighted by Crippen LogP contribution is -2.12. The molecule has 0 fully saturated rings. The number of rotatable bonds is 2. The zero-order valence-corrected chi connectivity index (χ0v) is 13.1. The summed E-state index contributed by atoms with van der Waals surface area (Å²) < 4.78 is 15.4. The Morgan fingerprint density at radius 3 is 2.53 bits per heavy atom. The number of nitrogens with two attached hydrogens (primary N) is 1. The Balaban J connectivity index is 2.44. The molecule has 90 valence electrons. The molecule has 0 aliphatic heterocycles. The third kappa shape index (κ3) is 2.74. The van der Waals surface area contributed by atoms with Gasteiger partial charge in [0, 0.05) is 14.9 Å². The van der Waals surface area contributed by atoms with E-state index in [0.29, 0.717) is 10.0 Å². The summed E-state index contributed by atoms with van der Waals surface area (Å²) >= 11 is 13.8. The van der Waals surface area contributed by atoms with Crippen molar-refractivity contribution in [1.29, 1.82) is 0 Å². The molecule has 0 aliphatic carbocycles. The molecular weight excluding hydrogens is 392 g/mol. The Kier molecular flexibility index (Phi) is 4.26. The topological polar surface area (TPSA) is 26.0 Å². The lowest BCUT2D eigenvalue weighted by Gasteiger charge is -2.12. The van der Waals surface area contributed by atoms with Crippen LogP contribution < -0.4 is 5.73 Å². The second kappa shape index (κ2) is 5.36. The molecule has 1 aromatic heterocycles. The molecule has 1 nitrogen and oxygen atoms in total. The number of thiophene rings is 1. The third-order valence-electron chi connectivity index (χ3n) is 2.30.